The fraction of sp³-hybridized carbons (Fsp3) is 0.312. The van der Waals surface area contributed by atoms with Crippen LogP contribution >= 0.6 is 23.2 Å². The molecule has 8 aromatic carbocycles. The summed E-state index contributed by atoms with van der Waals surface area (Å²) in [5.41, 5.74) is 27.7. The molecule has 12 aliphatic carbocycles. The van der Waals surface area contributed by atoms with Gasteiger partial charge in [-0.15, -0.1) is 0 Å². The first kappa shape index (κ1) is 90.1. The number of hydrogen-bond donors (Lipinski definition) is 0. The highest BCUT2D eigenvalue weighted by atomic mass is 35.5. The van der Waals surface area contributed by atoms with Crippen LogP contribution < -0.4 is 23.8 Å². The first-order valence-electron chi connectivity index (χ1n) is 48.9. The number of piperidine rings is 1. The van der Waals surface area contributed by atoms with Gasteiger partial charge in [0.05, 0.1) is 10.7 Å². The lowest BCUT2D eigenvalue weighted by atomic mass is 9.51. The van der Waals surface area contributed by atoms with Gasteiger partial charge in [-0.25, -0.2) is 4.90 Å². The van der Waals surface area contributed by atoms with Gasteiger partial charge in [0.1, 0.15) is 52.0 Å². The summed E-state index contributed by atoms with van der Waals surface area (Å²) in [5.74, 6) is -0.718. The molecule has 9 nitrogen and oxygen atoms in total. The normalized spacial score (nSPS) is 23.1. The standard InChI is InChI=1S/C125H119Cl2NO8/c1-65(2)80-25-21-26-81(66(3)4)106(80)115-118(129)95-61-100(133-76-45-37-72(38-46-76)122(9,10)11)109-91-32-24-30-88-86(56-58-93(105(88)91)111-101(62-96(119(115)130)107(95)113(109)111)134-77-47-39-73(40-48-77)123(12,13)14)94-59-70-34-33-69-35-54-89(116(127)84(69)53-36-71(70)60-99(94)126)85-55-57-92-104-87(85)29-23-31-90(104)110-102(135-78-49-41-74(42-50-78)124(15,16)17)63-97-108-98(64-103(112(92)114(108)110)136-79-51-43-75(44-52-79)125(18,19)20)121(132)128(120(97)131)117-82(67(5)6)27-22-28-83(117)68(7)8/h21-35,37-52,54-68,87-88,104-105,107-108,113-115H,36,53H2,1-20H3/b34-33-. The number of imide groups is 1. The maximum atomic E-state index is 16.3. The molecule has 9 unspecified atom stereocenters. The number of rotatable bonds is 16. The van der Waals surface area contributed by atoms with Crippen molar-refractivity contribution in [2.75, 3.05) is 4.90 Å². The van der Waals surface area contributed by atoms with E-state index in [2.05, 4.69) is 315 Å². The lowest BCUT2D eigenvalue weighted by Gasteiger charge is -2.52. The number of amides is 2. The van der Waals surface area contributed by atoms with Gasteiger partial charge in [0.25, 0.3) is 11.8 Å². The second kappa shape index (κ2) is 33.2. The lowest BCUT2D eigenvalue weighted by Crippen LogP contribution is -2.53. The minimum absolute atomic E-state index is 0.00401. The number of carbonyl (C=O) groups excluding carboxylic acids is 4. The molecule has 11 heteroatoms. The molecule has 13 aliphatic rings. The van der Waals surface area contributed by atoms with E-state index in [1.165, 1.54) is 16.0 Å². The molecular weight excluding hydrogens is 1710 g/mol. The largest absolute Gasteiger partial charge is 0.457 e. The molecule has 2 amide bonds. The molecule has 9 atom stereocenters. The quantitative estimate of drug-likeness (QED) is 0.0695. The predicted molar refractivity (Wildman–Crippen MR) is 552 cm³/mol. The predicted octanol–water partition coefficient (Wildman–Crippen LogP) is 30.1. The molecule has 0 aromatic heterocycles. The molecule has 1 heterocycles. The first-order chi connectivity index (χ1) is 64.8. The Kier molecular flexibility index (Phi) is 22.0. The Balaban J connectivity index is 0.676. The third kappa shape index (κ3) is 14.9. The van der Waals surface area contributed by atoms with E-state index < -0.39 is 29.6 Å². The van der Waals surface area contributed by atoms with Crippen LogP contribution in [-0.2, 0) is 53.7 Å². The van der Waals surface area contributed by atoms with Gasteiger partial charge in [-0.05, 0) is 260 Å². The van der Waals surface area contributed by atoms with E-state index in [0.717, 1.165) is 128 Å². The lowest BCUT2D eigenvalue weighted by molar-refractivity contribution is -0.128. The van der Waals surface area contributed by atoms with Gasteiger partial charge in [0.2, 0.25) is 0 Å². The molecule has 1 aliphatic heterocycles. The average molecular weight is 1830 g/mol. The number of anilines is 1. The monoisotopic (exact) mass is 1830 g/mol. The number of ether oxygens (including phenoxy) is 4. The Hall–Kier alpha value is -12.4. The minimum Gasteiger partial charge on any atom is -0.457 e. The molecule has 686 valence electrons. The SMILES string of the molecule is CC(C)c1cccc(C(C)C)c1C1C(=O)C2=CC(Oc3ccc(C(C)(C)C)cc3)=C3C4=CC=CC5C(c6cc7c(cc6Cl)CCc6c(ccc(C8=CC=C9C%10=C(Oc%11ccc(C(C)(C)C)cc%11)C=C%11C(=O)N(c%12c(C(C)C)cccc%12C(C)C)C(=O)C%12=CC(Oc%13ccc(C(C)(C)C)cc%13)=C(C%13=CC=CC8C%139)C%10C%12%11)c6Cl)/C=C\7)=CC=C(C6=C(Oc7ccc(C(C)(C)C)cc7)C=C(C1=O)C2C36)C45. The number of carbonyl (C=O) groups is 4. The molecule has 0 bridgehead atoms. The first-order valence-corrected chi connectivity index (χ1v) is 49.7. The highest BCUT2D eigenvalue weighted by Crippen LogP contribution is 2.67. The zero-order valence-electron chi connectivity index (χ0n) is 81.6. The molecule has 8 aromatic rings. The topological polar surface area (TPSA) is 108 Å². The van der Waals surface area contributed by atoms with E-state index in [0.29, 0.717) is 96.9 Å². The molecule has 0 radical (unpaired) electrons. The van der Waals surface area contributed by atoms with Gasteiger partial charge in [-0.3, -0.25) is 19.2 Å². The van der Waals surface area contributed by atoms with Crippen molar-refractivity contribution < 1.29 is 38.1 Å². The Labute approximate surface area is 812 Å². The summed E-state index contributed by atoms with van der Waals surface area (Å²) in [6, 6.07) is 54.6. The van der Waals surface area contributed by atoms with Crippen LogP contribution in [0.3, 0.4) is 0 Å². The van der Waals surface area contributed by atoms with Gasteiger partial charge >= 0.3 is 0 Å². The van der Waals surface area contributed by atoms with Crippen LogP contribution in [0.5, 0.6) is 23.0 Å². The summed E-state index contributed by atoms with van der Waals surface area (Å²) in [7, 11) is 0. The number of Topliss-reactive ketones (excluding diaryl/α,β-unsaturated/α-hetero) is 2. The van der Waals surface area contributed by atoms with Gasteiger partial charge < -0.3 is 18.9 Å². The van der Waals surface area contributed by atoms with E-state index in [1.54, 1.807) is 0 Å². The number of para-hydroxylation sites is 1. The summed E-state index contributed by atoms with van der Waals surface area (Å²) in [6.07, 6.45) is 36.1. The fourth-order valence-electron chi connectivity index (χ4n) is 23.9. The zero-order chi connectivity index (χ0) is 95.4. The van der Waals surface area contributed by atoms with Crippen molar-refractivity contribution in [2.45, 2.75) is 203 Å². The molecule has 136 heavy (non-hydrogen) atoms. The summed E-state index contributed by atoms with van der Waals surface area (Å²) in [6.45, 7) is 43.5. The number of hydrogen-bond acceptors (Lipinski definition) is 8. The number of fused-ring (bicyclic) bond motifs is 6. The van der Waals surface area contributed by atoms with Crippen molar-refractivity contribution in [1.29, 1.82) is 0 Å². The van der Waals surface area contributed by atoms with Crippen LogP contribution in [0.15, 0.2) is 333 Å². The summed E-state index contributed by atoms with van der Waals surface area (Å²) < 4.78 is 29.6. The van der Waals surface area contributed by atoms with E-state index >= 15 is 19.2 Å². The highest BCUT2D eigenvalue weighted by molar-refractivity contribution is 6.34. The van der Waals surface area contributed by atoms with Crippen molar-refractivity contribution in [2.24, 2.45) is 47.3 Å². The molecule has 4 fully saturated rings. The Morgan fingerprint density at radius 1 is 0.346 bits per heavy atom. The number of benzene rings is 8. The smallest absolute Gasteiger partial charge is 0.262 e. The van der Waals surface area contributed by atoms with E-state index in [9.17, 15) is 0 Å². The summed E-state index contributed by atoms with van der Waals surface area (Å²) >= 11 is 16.1. The van der Waals surface area contributed by atoms with Crippen LogP contribution in [0.2, 0.25) is 10.0 Å². The number of halogens is 2. The van der Waals surface area contributed by atoms with Crippen molar-refractivity contribution in [3.05, 3.63) is 426 Å². The second-order valence-electron chi connectivity index (χ2n) is 44.7. The van der Waals surface area contributed by atoms with Crippen molar-refractivity contribution in [1.82, 2.24) is 0 Å². The molecule has 0 N–H and O–H groups in total. The van der Waals surface area contributed by atoms with Gasteiger partial charge in [0, 0.05) is 97.0 Å². The van der Waals surface area contributed by atoms with E-state index in [4.69, 9.17) is 42.1 Å². The molecule has 1 saturated heterocycles. The average Bonchev–Trinajstić information content (AvgIpc) is 0.684. The number of allylic oxidation sites excluding steroid dienone is 26. The minimum atomic E-state index is -1.08. The molecule has 21 rings (SSSR count). The van der Waals surface area contributed by atoms with Crippen molar-refractivity contribution in [3.8, 4) is 23.0 Å². The van der Waals surface area contributed by atoms with Crippen LogP contribution in [0.1, 0.15) is 252 Å². The summed E-state index contributed by atoms with van der Waals surface area (Å²) in [5, 5.41) is 1.32. The molecular formula is C125H119Cl2NO8. The van der Waals surface area contributed by atoms with E-state index in [-0.39, 0.29) is 92.4 Å². The van der Waals surface area contributed by atoms with Crippen molar-refractivity contribution >= 4 is 75.6 Å². The van der Waals surface area contributed by atoms with Crippen LogP contribution in [-0.4, -0.2) is 23.4 Å². The zero-order valence-corrected chi connectivity index (χ0v) is 83.1. The van der Waals surface area contributed by atoms with Gasteiger partial charge in [-0.1, -0.05) is 332 Å². The van der Waals surface area contributed by atoms with Crippen LogP contribution in [0, 0.1) is 47.3 Å². The van der Waals surface area contributed by atoms with Crippen LogP contribution in [0.25, 0.3) is 23.3 Å². The number of nitrogens with zero attached hydrogens (tertiary/aromatic N) is 1. The number of ketones is 2. The van der Waals surface area contributed by atoms with Crippen molar-refractivity contribution in [3.63, 3.8) is 0 Å². The second-order valence-corrected chi connectivity index (χ2v) is 45.4. The third-order valence-electron chi connectivity index (χ3n) is 30.8. The van der Waals surface area contributed by atoms with Crippen LogP contribution in [0.4, 0.5) is 5.69 Å². The Morgan fingerprint density at radius 2 is 0.691 bits per heavy atom. The maximum Gasteiger partial charge on any atom is 0.262 e. The van der Waals surface area contributed by atoms with E-state index in [1.807, 2.05) is 78.9 Å². The number of aryl methyl sites for hydroxylation is 1. The Bertz CT molecular complexity index is 7100. The Morgan fingerprint density at radius 3 is 1.07 bits per heavy atom. The molecule has 0 spiro atoms. The van der Waals surface area contributed by atoms with Gasteiger partial charge in [0.15, 0.2) is 11.6 Å². The third-order valence-corrected chi connectivity index (χ3v) is 31.6. The van der Waals surface area contributed by atoms with Gasteiger partial charge in [-0.2, -0.15) is 0 Å². The maximum absolute atomic E-state index is 16.3. The highest BCUT2D eigenvalue weighted by Gasteiger charge is 2.61. The fourth-order valence-corrected chi connectivity index (χ4v) is 24.5. The molecule has 3 saturated carbocycles. The summed E-state index contributed by atoms with van der Waals surface area (Å²) in [4.78, 5) is 66.7.